The molecule has 2 heterocycles. The van der Waals surface area contributed by atoms with Gasteiger partial charge in [-0.2, -0.15) is 0 Å². The van der Waals surface area contributed by atoms with Crippen LogP contribution in [0.1, 0.15) is 72.5 Å². The van der Waals surface area contributed by atoms with E-state index in [1.807, 2.05) is 0 Å². The van der Waals surface area contributed by atoms with Gasteiger partial charge in [0.1, 0.15) is 0 Å². The van der Waals surface area contributed by atoms with E-state index in [4.69, 9.17) is 8.83 Å². The SMILES string of the molecule is O=C(NCCCCCCCCCCNC(=O)c1ccco1)c1ccco1. The molecule has 2 rings (SSSR count). The molecule has 2 aromatic heterocycles. The number of carbonyl (C=O) groups excluding carboxylic acids is 2. The number of nitrogens with one attached hydrogen (secondary N) is 2. The van der Waals surface area contributed by atoms with Crippen LogP contribution in [0.25, 0.3) is 0 Å². The smallest absolute Gasteiger partial charge is 0.286 e. The summed E-state index contributed by atoms with van der Waals surface area (Å²) in [4.78, 5) is 23.3. The fraction of sp³-hybridized carbons (Fsp3) is 0.500. The highest BCUT2D eigenvalue weighted by Crippen LogP contribution is 2.08. The van der Waals surface area contributed by atoms with Crippen molar-refractivity contribution < 1.29 is 18.4 Å². The van der Waals surface area contributed by atoms with E-state index >= 15 is 0 Å². The lowest BCUT2D eigenvalue weighted by Gasteiger charge is -2.05. The fourth-order valence-corrected chi connectivity index (χ4v) is 2.70. The van der Waals surface area contributed by atoms with Crippen LogP contribution in [0.15, 0.2) is 45.6 Å². The summed E-state index contributed by atoms with van der Waals surface area (Å²) in [5.41, 5.74) is 0. The predicted octanol–water partition coefficient (Wildman–Crippen LogP) is 4.15. The van der Waals surface area contributed by atoms with Gasteiger partial charge in [-0.1, -0.05) is 38.5 Å². The lowest BCUT2D eigenvalue weighted by Crippen LogP contribution is -2.23. The molecule has 2 N–H and O–H groups in total. The maximum atomic E-state index is 11.6. The van der Waals surface area contributed by atoms with Crippen molar-refractivity contribution in [2.75, 3.05) is 13.1 Å². The number of carbonyl (C=O) groups is 2. The van der Waals surface area contributed by atoms with Crippen LogP contribution >= 0.6 is 0 Å². The van der Waals surface area contributed by atoms with Crippen molar-refractivity contribution in [2.24, 2.45) is 0 Å². The topological polar surface area (TPSA) is 84.5 Å². The minimum absolute atomic E-state index is 0.144. The Bertz CT molecular complexity index is 564. The third-order valence-electron chi connectivity index (χ3n) is 4.16. The fourth-order valence-electron chi connectivity index (χ4n) is 2.70. The zero-order valence-electron chi connectivity index (χ0n) is 15.2. The molecule has 0 saturated carbocycles. The average Bonchev–Trinajstić information content (AvgIpc) is 3.35. The number of furan rings is 2. The first-order valence-corrected chi connectivity index (χ1v) is 9.41. The summed E-state index contributed by atoms with van der Waals surface area (Å²) in [6, 6.07) is 6.75. The van der Waals surface area contributed by atoms with Crippen LogP contribution in [-0.4, -0.2) is 24.9 Å². The van der Waals surface area contributed by atoms with Gasteiger partial charge in [0.25, 0.3) is 11.8 Å². The molecule has 6 heteroatoms. The standard InChI is InChI=1S/C20H28N2O4/c23-19(17-11-9-15-25-17)21-13-7-5-3-1-2-4-6-8-14-22-20(24)18-12-10-16-26-18/h9-12,15-16H,1-8,13-14H2,(H,21,23)(H,22,24). The van der Waals surface area contributed by atoms with Gasteiger partial charge in [-0.25, -0.2) is 0 Å². The molecule has 26 heavy (non-hydrogen) atoms. The van der Waals surface area contributed by atoms with Gasteiger partial charge >= 0.3 is 0 Å². The lowest BCUT2D eigenvalue weighted by molar-refractivity contribution is 0.0917. The monoisotopic (exact) mass is 360 g/mol. The minimum Gasteiger partial charge on any atom is -0.459 e. The van der Waals surface area contributed by atoms with Gasteiger partial charge in [0.2, 0.25) is 0 Å². The largest absolute Gasteiger partial charge is 0.459 e. The summed E-state index contributed by atoms with van der Waals surface area (Å²) in [5, 5.41) is 5.71. The molecule has 0 aliphatic rings. The van der Waals surface area contributed by atoms with E-state index in [0.29, 0.717) is 24.6 Å². The van der Waals surface area contributed by atoms with Gasteiger partial charge in [0.05, 0.1) is 12.5 Å². The molecule has 0 atom stereocenters. The Morgan fingerprint density at radius 1 is 0.654 bits per heavy atom. The third-order valence-corrected chi connectivity index (χ3v) is 4.16. The van der Waals surface area contributed by atoms with Gasteiger partial charge in [0.15, 0.2) is 11.5 Å². The van der Waals surface area contributed by atoms with E-state index in [-0.39, 0.29) is 11.8 Å². The zero-order chi connectivity index (χ0) is 18.5. The molecule has 0 bridgehead atoms. The number of hydrogen-bond donors (Lipinski definition) is 2. The summed E-state index contributed by atoms with van der Waals surface area (Å²) < 4.78 is 10.1. The summed E-state index contributed by atoms with van der Waals surface area (Å²) >= 11 is 0. The van der Waals surface area contributed by atoms with Crippen molar-refractivity contribution in [3.8, 4) is 0 Å². The second-order valence-corrected chi connectivity index (χ2v) is 6.29. The maximum Gasteiger partial charge on any atom is 0.286 e. The van der Waals surface area contributed by atoms with E-state index in [1.165, 1.54) is 38.2 Å². The van der Waals surface area contributed by atoms with E-state index in [1.54, 1.807) is 24.3 Å². The Labute approximate surface area is 154 Å². The molecular weight excluding hydrogens is 332 g/mol. The number of unbranched alkanes of at least 4 members (excludes halogenated alkanes) is 7. The number of hydrogen-bond acceptors (Lipinski definition) is 4. The molecule has 0 radical (unpaired) electrons. The van der Waals surface area contributed by atoms with Crippen LogP contribution in [0.2, 0.25) is 0 Å². The molecule has 2 amide bonds. The predicted molar refractivity (Wildman–Crippen MR) is 99.0 cm³/mol. The number of amides is 2. The lowest BCUT2D eigenvalue weighted by atomic mass is 10.1. The maximum absolute atomic E-state index is 11.6. The molecule has 6 nitrogen and oxygen atoms in total. The first-order chi connectivity index (χ1) is 12.8. The highest BCUT2D eigenvalue weighted by atomic mass is 16.3. The first kappa shape index (κ1) is 19.8. The molecular formula is C20H28N2O4. The second kappa shape index (κ2) is 12.0. The van der Waals surface area contributed by atoms with Crippen LogP contribution < -0.4 is 10.6 Å². The van der Waals surface area contributed by atoms with Crippen LogP contribution in [0, 0.1) is 0 Å². The van der Waals surface area contributed by atoms with Gasteiger partial charge < -0.3 is 19.5 Å². The molecule has 0 aliphatic heterocycles. The normalized spacial score (nSPS) is 10.6. The molecule has 0 aromatic carbocycles. The Morgan fingerprint density at radius 2 is 1.04 bits per heavy atom. The van der Waals surface area contributed by atoms with Crippen molar-refractivity contribution in [2.45, 2.75) is 51.4 Å². The van der Waals surface area contributed by atoms with Gasteiger partial charge in [-0.15, -0.1) is 0 Å². The highest BCUT2D eigenvalue weighted by molar-refractivity contribution is 5.91. The van der Waals surface area contributed by atoms with Crippen LogP contribution in [-0.2, 0) is 0 Å². The van der Waals surface area contributed by atoms with E-state index in [9.17, 15) is 9.59 Å². The summed E-state index contributed by atoms with van der Waals surface area (Å²) in [6.07, 6.45) is 12.0. The second-order valence-electron chi connectivity index (χ2n) is 6.29. The van der Waals surface area contributed by atoms with E-state index in [2.05, 4.69) is 10.6 Å². The Morgan fingerprint density at radius 3 is 1.38 bits per heavy atom. The molecule has 0 fully saturated rings. The van der Waals surface area contributed by atoms with Crippen LogP contribution in [0.3, 0.4) is 0 Å². The van der Waals surface area contributed by atoms with Crippen LogP contribution in [0.4, 0.5) is 0 Å². The molecule has 142 valence electrons. The summed E-state index contributed by atoms with van der Waals surface area (Å²) in [7, 11) is 0. The van der Waals surface area contributed by atoms with Gasteiger partial charge in [-0.3, -0.25) is 9.59 Å². The molecule has 2 aromatic rings. The van der Waals surface area contributed by atoms with Gasteiger partial charge in [0, 0.05) is 13.1 Å². The van der Waals surface area contributed by atoms with Crippen molar-refractivity contribution in [3.63, 3.8) is 0 Å². The average molecular weight is 360 g/mol. The van der Waals surface area contributed by atoms with Crippen LogP contribution in [0.5, 0.6) is 0 Å². The van der Waals surface area contributed by atoms with Crippen molar-refractivity contribution in [1.29, 1.82) is 0 Å². The highest BCUT2D eigenvalue weighted by Gasteiger charge is 2.07. The van der Waals surface area contributed by atoms with E-state index in [0.717, 1.165) is 25.7 Å². The first-order valence-electron chi connectivity index (χ1n) is 9.41. The van der Waals surface area contributed by atoms with Crippen molar-refractivity contribution in [3.05, 3.63) is 48.3 Å². The Hall–Kier alpha value is -2.50. The third kappa shape index (κ3) is 7.59. The molecule has 0 spiro atoms. The quantitative estimate of drug-likeness (QED) is 0.526. The number of rotatable bonds is 13. The van der Waals surface area contributed by atoms with E-state index < -0.39 is 0 Å². The minimum atomic E-state index is -0.144. The molecule has 0 saturated heterocycles. The summed E-state index contributed by atoms with van der Waals surface area (Å²) in [6.45, 7) is 1.38. The molecule has 0 aliphatic carbocycles. The van der Waals surface area contributed by atoms with Crippen molar-refractivity contribution >= 4 is 11.8 Å². The summed E-state index contributed by atoms with van der Waals surface area (Å²) in [5.74, 6) is 0.443. The van der Waals surface area contributed by atoms with Gasteiger partial charge in [-0.05, 0) is 37.1 Å². The Balaban J connectivity index is 1.33. The molecule has 0 unspecified atom stereocenters. The Kier molecular flexibility index (Phi) is 9.11. The van der Waals surface area contributed by atoms with Crippen molar-refractivity contribution in [1.82, 2.24) is 10.6 Å². The zero-order valence-corrected chi connectivity index (χ0v) is 15.2.